The molecule has 0 heterocycles. The Bertz CT molecular complexity index is 328. The number of unbranched alkanes of at least 4 members (excludes halogenated alkanes) is 3. The fraction of sp³-hybridized carbons (Fsp3) is 0.571. The number of aryl methyl sites for hydroxylation is 1. The summed E-state index contributed by atoms with van der Waals surface area (Å²) < 4.78 is 18.6. The number of ether oxygens (including phenoxy) is 1. The Balaban J connectivity index is 2.27. The van der Waals surface area contributed by atoms with Crippen LogP contribution in [0.25, 0.3) is 0 Å². The van der Waals surface area contributed by atoms with E-state index in [9.17, 15) is 4.39 Å². The van der Waals surface area contributed by atoms with Crippen molar-refractivity contribution < 1.29 is 9.13 Å². The lowest BCUT2D eigenvalue weighted by Crippen LogP contribution is -2.06. The second-order valence-corrected chi connectivity index (χ2v) is 4.23. The summed E-state index contributed by atoms with van der Waals surface area (Å²) in [7, 11) is 3.52. The summed E-state index contributed by atoms with van der Waals surface area (Å²) in [6.07, 6.45) is 5.43. The smallest absolute Gasteiger partial charge is 0.130 e. The van der Waals surface area contributed by atoms with Crippen LogP contribution in [0.2, 0.25) is 0 Å². The zero-order valence-electron chi connectivity index (χ0n) is 10.8. The second-order valence-electron chi connectivity index (χ2n) is 4.23. The van der Waals surface area contributed by atoms with Gasteiger partial charge in [-0.2, -0.15) is 0 Å². The predicted molar refractivity (Wildman–Crippen MR) is 69.1 cm³/mol. The molecule has 0 radical (unpaired) electrons. The van der Waals surface area contributed by atoms with E-state index in [1.54, 1.807) is 7.11 Å². The fourth-order valence-corrected chi connectivity index (χ4v) is 1.83. The highest BCUT2D eigenvalue weighted by Crippen LogP contribution is 2.18. The largest absolute Gasteiger partial charge is 0.497 e. The van der Waals surface area contributed by atoms with Crippen LogP contribution in [-0.2, 0) is 6.42 Å². The van der Waals surface area contributed by atoms with Crippen molar-refractivity contribution in [2.75, 3.05) is 20.7 Å². The van der Waals surface area contributed by atoms with E-state index in [0.29, 0.717) is 5.75 Å². The first-order valence-electron chi connectivity index (χ1n) is 6.25. The normalized spacial score (nSPS) is 10.5. The van der Waals surface area contributed by atoms with Gasteiger partial charge < -0.3 is 10.1 Å². The maximum absolute atomic E-state index is 13.6. The van der Waals surface area contributed by atoms with Gasteiger partial charge in [0, 0.05) is 6.07 Å². The average molecular weight is 239 g/mol. The molecule has 0 aliphatic heterocycles. The summed E-state index contributed by atoms with van der Waals surface area (Å²) >= 11 is 0. The zero-order chi connectivity index (χ0) is 12.5. The fourth-order valence-electron chi connectivity index (χ4n) is 1.83. The highest BCUT2D eigenvalue weighted by atomic mass is 19.1. The highest BCUT2D eigenvalue weighted by Gasteiger charge is 2.03. The van der Waals surface area contributed by atoms with Crippen molar-refractivity contribution in [3.05, 3.63) is 29.6 Å². The topological polar surface area (TPSA) is 21.3 Å². The molecular weight excluding hydrogens is 217 g/mol. The third-order valence-corrected chi connectivity index (χ3v) is 2.88. The van der Waals surface area contributed by atoms with Gasteiger partial charge >= 0.3 is 0 Å². The van der Waals surface area contributed by atoms with Crippen molar-refractivity contribution in [2.45, 2.75) is 32.1 Å². The third-order valence-electron chi connectivity index (χ3n) is 2.88. The quantitative estimate of drug-likeness (QED) is 0.704. The van der Waals surface area contributed by atoms with Gasteiger partial charge in [0.2, 0.25) is 0 Å². The minimum atomic E-state index is -0.153. The molecule has 3 heteroatoms. The van der Waals surface area contributed by atoms with E-state index in [1.165, 1.54) is 18.9 Å². The van der Waals surface area contributed by atoms with Gasteiger partial charge in [-0.1, -0.05) is 18.9 Å². The molecule has 2 nitrogen and oxygen atoms in total. The molecular formula is C14H22FNO. The van der Waals surface area contributed by atoms with Gasteiger partial charge in [-0.3, -0.25) is 0 Å². The Morgan fingerprint density at radius 1 is 1.18 bits per heavy atom. The Morgan fingerprint density at radius 2 is 1.94 bits per heavy atom. The number of halogens is 1. The number of benzene rings is 1. The molecule has 0 aliphatic rings. The molecule has 0 fully saturated rings. The van der Waals surface area contributed by atoms with E-state index in [2.05, 4.69) is 5.32 Å². The molecule has 0 aromatic heterocycles. The average Bonchev–Trinajstić information content (AvgIpc) is 2.35. The Morgan fingerprint density at radius 3 is 2.59 bits per heavy atom. The first-order valence-corrected chi connectivity index (χ1v) is 6.25. The predicted octanol–water partition coefficient (Wildman–Crippen LogP) is 3.16. The SMILES string of the molecule is CNCCCCCCc1ccc(OC)cc1F. The summed E-state index contributed by atoms with van der Waals surface area (Å²) in [5.74, 6) is 0.430. The molecule has 96 valence electrons. The van der Waals surface area contributed by atoms with Crippen molar-refractivity contribution >= 4 is 0 Å². The van der Waals surface area contributed by atoms with Crippen LogP contribution in [0.5, 0.6) is 5.75 Å². The van der Waals surface area contributed by atoms with Crippen LogP contribution >= 0.6 is 0 Å². The van der Waals surface area contributed by atoms with Crippen LogP contribution in [0.15, 0.2) is 18.2 Å². The molecule has 17 heavy (non-hydrogen) atoms. The summed E-state index contributed by atoms with van der Waals surface area (Å²) in [6, 6.07) is 5.09. The highest BCUT2D eigenvalue weighted by molar-refractivity contribution is 5.28. The Hall–Kier alpha value is -1.09. The lowest BCUT2D eigenvalue weighted by Gasteiger charge is -2.05. The minimum absolute atomic E-state index is 0.153. The molecule has 0 unspecified atom stereocenters. The van der Waals surface area contributed by atoms with Crippen molar-refractivity contribution in [2.24, 2.45) is 0 Å². The van der Waals surface area contributed by atoms with Crippen LogP contribution in [0.3, 0.4) is 0 Å². The van der Waals surface area contributed by atoms with Gasteiger partial charge in [-0.05, 0) is 44.5 Å². The van der Waals surface area contributed by atoms with Crippen molar-refractivity contribution in [1.29, 1.82) is 0 Å². The molecule has 0 aliphatic carbocycles. The van der Waals surface area contributed by atoms with Crippen LogP contribution in [0.1, 0.15) is 31.2 Å². The van der Waals surface area contributed by atoms with Crippen LogP contribution in [-0.4, -0.2) is 20.7 Å². The van der Waals surface area contributed by atoms with E-state index < -0.39 is 0 Å². The number of methoxy groups -OCH3 is 1. The van der Waals surface area contributed by atoms with Gasteiger partial charge in [-0.15, -0.1) is 0 Å². The van der Waals surface area contributed by atoms with Gasteiger partial charge in [0.1, 0.15) is 11.6 Å². The standard InChI is InChI=1S/C14H22FNO/c1-16-10-6-4-3-5-7-12-8-9-13(17-2)11-14(12)15/h8-9,11,16H,3-7,10H2,1-2H3. The monoisotopic (exact) mass is 239 g/mol. The molecule has 1 rings (SSSR count). The van der Waals surface area contributed by atoms with Gasteiger partial charge in [0.05, 0.1) is 7.11 Å². The minimum Gasteiger partial charge on any atom is -0.497 e. The van der Waals surface area contributed by atoms with Crippen LogP contribution < -0.4 is 10.1 Å². The lowest BCUT2D eigenvalue weighted by atomic mass is 10.1. The van der Waals surface area contributed by atoms with Gasteiger partial charge in [0.25, 0.3) is 0 Å². The Labute approximate surface area is 103 Å². The number of rotatable bonds is 8. The van der Waals surface area contributed by atoms with E-state index in [0.717, 1.165) is 31.4 Å². The molecule has 0 saturated heterocycles. The lowest BCUT2D eigenvalue weighted by molar-refractivity contribution is 0.410. The van der Waals surface area contributed by atoms with Crippen molar-refractivity contribution in [1.82, 2.24) is 5.32 Å². The van der Waals surface area contributed by atoms with E-state index in [1.807, 2.05) is 19.2 Å². The summed E-state index contributed by atoms with van der Waals surface area (Å²) in [6.45, 7) is 1.07. The number of hydrogen-bond donors (Lipinski definition) is 1. The van der Waals surface area contributed by atoms with E-state index in [4.69, 9.17) is 4.74 Å². The molecule has 1 aromatic rings. The first-order chi connectivity index (χ1) is 8.27. The summed E-state index contributed by atoms with van der Waals surface area (Å²) in [4.78, 5) is 0. The molecule has 0 bridgehead atoms. The molecule has 0 spiro atoms. The van der Waals surface area contributed by atoms with Crippen LogP contribution in [0, 0.1) is 5.82 Å². The molecule has 0 atom stereocenters. The summed E-state index contributed by atoms with van der Waals surface area (Å²) in [5.41, 5.74) is 0.791. The van der Waals surface area contributed by atoms with Gasteiger partial charge in [0.15, 0.2) is 0 Å². The first kappa shape index (κ1) is 14.0. The van der Waals surface area contributed by atoms with Gasteiger partial charge in [-0.25, -0.2) is 4.39 Å². The maximum atomic E-state index is 13.6. The molecule has 0 amide bonds. The van der Waals surface area contributed by atoms with Crippen LogP contribution in [0.4, 0.5) is 4.39 Å². The second kappa shape index (κ2) is 8.07. The molecule has 1 aromatic carbocycles. The zero-order valence-corrected chi connectivity index (χ0v) is 10.8. The van der Waals surface area contributed by atoms with Crippen molar-refractivity contribution in [3.8, 4) is 5.75 Å². The maximum Gasteiger partial charge on any atom is 0.130 e. The van der Waals surface area contributed by atoms with Crippen molar-refractivity contribution in [3.63, 3.8) is 0 Å². The number of hydrogen-bond acceptors (Lipinski definition) is 2. The summed E-state index contributed by atoms with van der Waals surface area (Å²) in [5, 5.41) is 3.12. The number of nitrogens with one attached hydrogen (secondary N) is 1. The van der Waals surface area contributed by atoms with E-state index in [-0.39, 0.29) is 5.82 Å². The Kier molecular flexibility index (Phi) is 6.63. The van der Waals surface area contributed by atoms with E-state index >= 15 is 0 Å². The molecule has 1 N–H and O–H groups in total. The third kappa shape index (κ3) is 5.18. The molecule has 0 saturated carbocycles.